The molecule has 0 radical (unpaired) electrons. The number of fused-ring (bicyclic) bond motifs is 1. The maximum atomic E-state index is 12.5. The Morgan fingerprint density at radius 2 is 1.68 bits per heavy atom. The summed E-state index contributed by atoms with van der Waals surface area (Å²) in [6.07, 6.45) is 0. The smallest absolute Gasteiger partial charge is 0.344 e. The van der Waals surface area contributed by atoms with Gasteiger partial charge in [-0.3, -0.25) is 0 Å². The number of rotatable bonds is 5. The van der Waals surface area contributed by atoms with E-state index in [1.807, 2.05) is 66.7 Å². The van der Waals surface area contributed by atoms with E-state index < -0.39 is 5.63 Å². The summed E-state index contributed by atoms with van der Waals surface area (Å²) in [7, 11) is 1.60. The van der Waals surface area contributed by atoms with Crippen LogP contribution in [0.25, 0.3) is 22.1 Å². The third kappa shape index (κ3) is 3.73. The van der Waals surface area contributed by atoms with Crippen molar-refractivity contribution in [1.29, 1.82) is 0 Å². The van der Waals surface area contributed by atoms with E-state index in [-0.39, 0.29) is 0 Å². The van der Waals surface area contributed by atoms with Gasteiger partial charge in [0.25, 0.3) is 0 Å². The Labute approximate surface area is 166 Å². The molecule has 5 heteroatoms. The van der Waals surface area contributed by atoms with Crippen molar-refractivity contribution < 1.29 is 13.9 Å². The molecule has 0 atom stereocenters. The van der Waals surface area contributed by atoms with Gasteiger partial charge in [-0.15, -0.1) is 0 Å². The molecule has 28 heavy (non-hydrogen) atoms. The summed E-state index contributed by atoms with van der Waals surface area (Å²) in [6, 6.07) is 22.0. The highest BCUT2D eigenvalue weighted by Crippen LogP contribution is 2.26. The van der Waals surface area contributed by atoms with Gasteiger partial charge in [-0.05, 0) is 42.0 Å². The van der Waals surface area contributed by atoms with Gasteiger partial charge >= 0.3 is 5.63 Å². The van der Waals surface area contributed by atoms with Gasteiger partial charge in [0.1, 0.15) is 23.7 Å². The predicted molar refractivity (Wildman–Crippen MR) is 110 cm³/mol. The van der Waals surface area contributed by atoms with Crippen LogP contribution in [-0.4, -0.2) is 7.11 Å². The van der Waals surface area contributed by atoms with Gasteiger partial charge < -0.3 is 13.9 Å². The molecular weight excluding hydrogens is 376 g/mol. The molecular formula is C23H17ClO4. The lowest BCUT2D eigenvalue weighted by Gasteiger charge is -2.09. The zero-order valence-electron chi connectivity index (χ0n) is 15.1. The lowest BCUT2D eigenvalue weighted by atomic mass is 10.1. The van der Waals surface area contributed by atoms with Crippen LogP contribution >= 0.6 is 11.6 Å². The number of benzene rings is 3. The summed E-state index contributed by atoms with van der Waals surface area (Å²) in [4.78, 5) is 12.5. The molecule has 0 fully saturated rings. The maximum absolute atomic E-state index is 12.5. The van der Waals surface area contributed by atoms with Crippen LogP contribution in [0.15, 0.2) is 82.0 Å². The second-order valence-electron chi connectivity index (χ2n) is 6.26. The monoisotopic (exact) mass is 392 g/mol. The first-order chi connectivity index (χ1) is 13.6. The van der Waals surface area contributed by atoms with Crippen molar-refractivity contribution in [1.82, 2.24) is 0 Å². The summed E-state index contributed by atoms with van der Waals surface area (Å²) in [5.41, 5.74) is 2.23. The van der Waals surface area contributed by atoms with E-state index in [2.05, 4.69) is 0 Å². The van der Waals surface area contributed by atoms with E-state index in [0.717, 1.165) is 22.3 Å². The quantitative estimate of drug-likeness (QED) is 0.409. The normalized spacial score (nSPS) is 10.8. The Balaban J connectivity index is 1.62. The van der Waals surface area contributed by atoms with Crippen LogP contribution in [0.5, 0.6) is 11.5 Å². The van der Waals surface area contributed by atoms with Crippen molar-refractivity contribution in [3.8, 4) is 22.6 Å². The summed E-state index contributed by atoms with van der Waals surface area (Å²) in [5, 5.41) is 1.47. The first kappa shape index (κ1) is 18.1. The van der Waals surface area contributed by atoms with E-state index in [9.17, 15) is 4.79 Å². The van der Waals surface area contributed by atoms with Crippen LogP contribution < -0.4 is 15.1 Å². The average Bonchev–Trinajstić information content (AvgIpc) is 2.72. The maximum Gasteiger partial charge on any atom is 0.344 e. The SMILES string of the molecule is COc1ccc(-c2cc3ccc(OCc4ccccc4Cl)cc3oc2=O)cc1. The lowest BCUT2D eigenvalue weighted by molar-refractivity contribution is 0.306. The van der Waals surface area contributed by atoms with E-state index >= 15 is 0 Å². The van der Waals surface area contributed by atoms with Crippen LogP contribution in [0.4, 0.5) is 0 Å². The molecule has 1 aromatic heterocycles. The summed E-state index contributed by atoms with van der Waals surface area (Å²) in [5.74, 6) is 1.34. The number of methoxy groups -OCH3 is 1. The molecule has 4 aromatic rings. The fraction of sp³-hybridized carbons (Fsp3) is 0.0870. The molecule has 3 aromatic carbocycles. The molecule has 0 N–H and O–H groups in total. The topological polar surface area (TPSA) is 48.7 Å². The molecule has 4 rings (SSSR count). The van der Waals surface area contributed by atoms with Crippen LogP contribution in [0.3, 0.4) is 0 Å². The van der Waals surface area contributed by atoms with Crippen LogP contribution in [-0.2, 0) is 6.61 Å². The Morgan fingerprint density at radius 1 is 0.929 bits per heavy atom. The molecule has 0 bridgehead atoms. The second kappa shape index (κ2) is 7.79. The van der Waals surface area contributed by atoms with E-state index in [0.29, 0.717) is 28.5 Å². The Hall–Kier alpha value is -3.24. The molecule has 140 valence electrons. The molecule has 0 saturated carbocycles. The first-order valence-electron chi connectivity index (χ1n) is 8.72. The van der Waals surface area contributed by atoms with Crippen molar-refractivity contribution >= 4 is 22.6 Å². The minimum Gasteiger partial charge on any atom is -0.497 e. The fourth-order valence-electron chi connectivity index (χ4n) is 2.93. The molecule has 0 spiro atoms. The number of hydrogen-bond donors (Lipinski definition) is 0. The van der Waals surface area contributed by atoms with Gasteiger partial charge in [0.15, 0.2) is 0 Å². The third-order valence-electron chi connectivity index (χ3n) is 4.46. The summed E-state index contributed by atoms with van der Waals surface area (Å²) < 4.78 is 16.5. The Morgan fingerprint density at radius 3 is 2.43 bits per heavy atom. The standard InChI is InChI=1S/C23H17ClO4/c1-26-18-9-6-15(7-10-18)20-12-16-8-11-19(13-22(16)28-23(20)25)27-14-17-4-2-3-5-21(17)24/h2-13H,14H2,1H3. The van der Waals surface area contributed by atoms with Crippen molar-refractivity contribution in [3.05, 3.63) is 93.8 Å². The van der Waals surface area contributed by atoms with Crippen molar-refractivity contribution in [2.45, 2.75) is 6.61 Å². The number of halogens is 1. The van der Waals surface area contributed by atoms with E-state index in [4.69, 9.17) is 25.5 Å². The minimum absolute atomic E-state index is 0.333. The zero-order valence-corrected chi connectivity index (χ0v) is 15.9. The highest BCUT2D eigenvalue weighted by molar-refractivity contribution is 6.31. The minimum atomic E-state index is -0.402. The summed E-state index contributed by atoms with van der Waals surface area (Å²) in [6.45, 7) is 0.333. The van der Waals surface area contributed by atoms with Crippen molar-refractivity contribution in [2.75, 3.05) is 7.11 Å². The molecule has 1 heterocycles. The molecule has 0 aliphatic carbocycles. The third-order valence-corrected chi connectivity index (χ3v) is 4.83. The molecule has 0 saturated heterocycles. The van der Waals surface area contributed by atoms with Gasteiger partial charge in [0.2, 0.25) is 0 Å². The summed E-state index contributed by atoms with van der Waals surface area (Å²) >= 11 is 6.15. The first-order valence-corrected chi connectivity index (χ1v) is 9.10. The van der Waals surface area contributed by atoms with Gasteiger partial charge in [-0.25, -0.2) is 4.79 Å². The second-order valence-corrected chi connectivity index (χ2v) is 6.66. The zero-order chi connectivity index (χ0) is 19.5. The van der Waals surface area contributed by atoms with Crippen LogP contribution in [0, 0.1) is 0 Å². The molecule has 0 aliphatic heterocycles. The van der Waals surface area contributed by atoms with Crippen LogP contribution in [0.2, 0.25) is 5.02 Å². The van der Waals surface area contributed by atoms with Crippen molar-refractivity contribution in [3.63, 3.8) is 0 Å². The fourth-order valence-corrected chi connectivity index (χ4v) is 3.12. The molecule has 0 amide bonds. The predicted octanol–water partition coefficient (Wildman–Crippen LogP) is 5.70. The van der Waals surface area contributed by atoms with Crippen molar-refractivity contribution in [2.24, 2.45) is 0 Å². The van der Waals surface area contributed by atoms with Gasteiger partial charge in [0, 0.05) is 22.0 Å². The Bertz CT molecular complexity index is 1180. The van der Waals surface area contributed by atoms with Crippen LogP contribution in [0.1, 0.15) is 5.56 Å². The molecule has 0 unspecified atom stereocenters. The van der Waals surface area contributed by atoms with E-state index in [1.165, 1.54) is 0 Å². The average molecular weight is 393 g/mol. The largest absolute Gasteiger partial charge is 0.497 e. The number of hydrogen-bond acceptors (Lipinski definition) is 4. The number of ether oxygens (including phenoxy) is 2. The van der Waals surface area contributed by atoms with Gasteiger partial charge in [-0.1, -0.05) is 41.9 Å². The molecule has 0 aliphatic rings. The van der Waals surface area contributed by atoms with Gasteiger partial charge in [0.05, 0.1) is 12.7 Å². The highest BCUT2D eigenvalue weighted by atomic mass is 35.5. The lowest BCUT2D eigenvalue weighted by Crippen LogP contribution is -2.03. The Kier molecular flexibility index (Phi) is 5.04. The van der Waals surface area contributed by atoms with Gasteiger partial charge in [-0.2, -0.15) is 0 Å². The highest BCUT2D eigenvalue weighted by Gasteiger charge is 2.09. The molecule has 4 nitrogen and oxygen atoms in total. The van der Waals surface area contributed by atoms with E-state index in [1.54, 1.807) is 13.2 Å².